The van der Waals surface area contributed by atoms with Crippen molar-refractivity contribution in [3.8, 4) is 10.7 Å². The van der Waals surface area contributed by atoms with E-state index in [-0.39, 0.29) is 11.9 Å². The monoisotopic (exact) mass is 339 g/mol. The molecule has 0 fully saturated rings. The van der Waals surface area contributed by atoms with Crippen LogP contribution in [0.15, 0.2) is 30.7 Å². The molecule has 4 aromatic rings. The number of hydrogen-bond donors (Lipinski definition) is 2. The number of imidazole rings is 1. The third kappa shape index (κ3) is 2.54. The van der Waals surface area contributed by atoms with Gasteiger partial charge in [0, 0.05) is 18.1 Å². The number of aromatic nitrogens is 6. The van der Waals surface area contributed by atoms with E-state index in [1.165, 1.54) is 11.1 Å². The zero-order valence-corrected chi connectivity index (χ0v) is 13.8. The number of hydrogen-bond acceptors (Lipinski definition) is 6. The van der Waals surface area contributed by atoms with Gasteiger partial charge in [-0.25, -0.2) is 9.97 Å². The highest BCUT2D eigenvalue weighted by Crippen LogP contribution is 2.25. The fourth-order valence-corrected chi connectivity index (χ4v) is 3.11. The molecule has 4 heterocycles. The van der Waals surface area contributed by atoms with Gasteiger partial charge in [-0.15, -0.1) is 16.4 Å². The Labute approximate surface area is 140 Å². The van der Waals surface area contributed by atoms with Gasteiger partial charge in [0.05, 0.1) is 16.8 Å². The van der Waals surface area contributed by atoms with Gasteiger partial charge in [0.25, 0.3) is 5.91 Å². The molecular formula is C15H13N7OS. The summed E-state index contributed by atoms with van der Waals surface area (Å²) in [5.74, 6) is 0.520. The number of nitrogens with one attached hydrogen (secondary N) is 2. The summed E-state index contributed by atoms with van der Waals surface area (Å²) in [4.78, 5) is 27.2. The zero-order chi connectivity index (χ0) is 16.7. The number of carbonyl (C=O) groups excluding carboxylic acids is 1. The Morgan fingerprint density at radius 3 is 3.00 bits per heavy atom. The van der Waals surface area contributed by atoms with Gasteiger partial charge < -0.3 is 4.57 Å². The van der Waals surface area contributed by atoms with E-state index in [0.717, 1.165) is 10.5 Å². The number of amides is 1. The minimum atomic E-state index is -0.331. The molecule has 0 atom stereocenters. The molecule has 120 valence electrons. The molecule has 9 heteroatoms. The zero-order valence-electron chi connectivity index (χ0n) is 12.9. The Hall–Kier alpha value is -3.07. The Morgan fingerprint density at radius 1 is 1.33 bits per heavy atom. The molecule has 2 N–H and O–H groups in total. The van der Waals surface area contributed by atoms with Gasteiger partial charge in [-0.3, -0.25) is 15.2 Å². The molecule has 0 aromatic carbocycles. The molecule has 8 nitrogen and oxygen atoms in total. The van der Waals surface area contributed by atoms with E-state index in [9.17, 15) is 4.79 Å². The van der Waals surface area contributed by atoms with Crippen molar-refractivity contribution in [2.45, 2.75) is 6.92 Å². The fourth-order valence-electron chi connectivity index (χ4n) is 2.30. The standard InChI is InChI=1S/C15H13N7OS/c1-8-3-4-11(24-8)12-18-15(21-20-12)19-14(23)9-5-10-13(16-6-9)22(2)7-17-10/h3-7H,1-2H3,(H2,18,19,20,21,23). The van der Waals surface area contributed by atoms with Gasteiger partial charge in [-0.2, -0.15) is 4.98 Å². The maximum absolute atomic E-state index is 12.3. The van der Waals surface area contributed by atoms with Crippen molar-refractivity contribution in [3.05, 3.63) is 41.2 Å². The highest BCUT2D eigenvalue weighted by atomic mass is 32.1. The van der Waals surface area contributed by atoms with Crippen LogP contribution in [0.1, 0.15) is 15.2 Å². The molecule has 4 rings (SSSR count). The van der Waals surface area contributed by atoms with Gasteiger partial charge in [0.1, 0.15) is 5.52 Å². The van der Waals surface area contributed by atoms with Gasteiger partial charge in [0.2, 0.25) is 5.95 Å². The third-order valence-electron chi connectivity index (χ3n) is 3.50. The molecule has 0 aliphatic carbocycles. The number of fused-ring (bicyclic) bond motifs is 1. The molecule has 0 aliphatic rings. The van der Waals surface area contributed by atoms with Crippen LogP contribution in [0.2, 0.25) is 0 Å². The van der Waals surface area contributed by atoms with Gasteiger partial charge >= 0.3 is 0 Å². The lowest BCUT2D eigenvalue weighted by Crippen LogP contribution is -2.13. The maximum atomic E-state index is 12.3. The van der Waals surface area contributed by atoms with E-state index in [4.69, 9.17) is 0 Å². The van der Waals surface area contributed by atoms with E-state index in [1.54, 1.807) is 28.3 Å². The summed E-state index contributed by atoms with van der Waals surface area (Å²) < 4.78 is 1.79. The molecule has 1 amide bonds. The first kappa shape index (κ1) is 14.5. The Kier molecular flexibility index (Phi) is 3.35. The van der Waals surface area contributed by atoms with Gasteiger partial charge in [-0.1, -0.05) is 0 Å². The number of thiophene rings is 1. The van der Waals surface area contributed by atoms with E-state index in [2.05, 4.69) is 30.5 Å². The molecule has 0 unspecified atom stereocenters. The molecular weight excluding hydrogens is 326 g/mol. The van der Waals surface area contributed by atoms with E-state index in [1.807, 2.05) is 26.1 Å². The summed E-state index contributed by atoms with van der Waals surface area (Å²) in [6, 6.07) is 5.66. The van der Waals surface area contributed by atoms with Crippen LogP contribution in [0.5, 0.6) is 0 Å². The second-order valence-corrected chi connectivity index (χ2v) is 6.58. The lowest BCUT2D eigenvalue weighted by Gasteiger charge is -2.00. The highest BCUT2D eigenvalue weighted by Gasteiger charge is 2.13. The molecule has 0 spiro atoms. The van der Waals surface area contributed by atoms with Crippen molar-refractivity contribution >= 4 is 34.4 Å². The van der Waals surface area contributed by atoms with Crippen molar-refractivity contribution in [1.29, 1.82) is 0 Å². The lowest BCUT2D eigenvalue weighted by molar-refractivity contribution is 0.102. The molecule has 4 aromatic heterocycles. The minimum Gasteiger partial charge on any atom is -0.318 e. The van der Waals surface area contributed by atoms with Crippen molar-refractivity contribution in [2.75, 3.05) is 5.32 Å². The summed E-state index contributed by atoms with van der Waals surface area (Å²) in [6.45, 7) is 2.02. The maximum Gasteiger partial charge on any atom is 0.259 e. The smallest absolute Gasteiger partial charge is 0.259 e. The molecule has 0 saturated carbocycles. The van der Waals surface area contributed by atoms with Crippen molar-refractivity contribution in [1.82, 2.24) is 29.7 Å². The van der Waals surface area contributed by atoms with Crippen molar-refractivity contribution in [2.24, 2.45) is 7.05 Å². The average molecular weight is 339 g/mol. The number of aromatic amines is 1. The Morgan fingerprint density at radius 2 is 2.21 bits per heavy atom. The van der Waals surface area contributed by atoms with Crippen LogP contribution in [0.25, 0.3) is 21.9 Å². The first-order chi connectivity index (χ1) is 11.6. The summed E-state index contributed by atoms with van der Waals surface area (Å²) in [6.07, 6.45) is 3.17. The summed E-state index contributed by atoms with van der Waals surface area (Å²) in [7, 11) is 1.85. The number of rotatable bonds is 3. The molecule has 0 radical (unpaired) electrons. The lowest BCUT2D eigenvalue weighted by atomic mass is 10.2. The van der Waals surface area contributed by atoms with E-state index >= 15 is 0 Å². The summed E-state index contributed by atoms with van der Waals surface area (Å²) in [5, 5.41) is 9.52. The molecule has 24 heavy (non-hydrogen) atoms. The van der Waals surface area contributed by atoms with Crippen LogP contribution in [0.4, 0.5) is 5.95 Å². The summed E-state index contributed by atoms with van der Waals surface area (Å²) >= 11 is 1.61. The first-order valence-corrected chi connectivity index (χ1v) is 7.99. The second-order valence-electron chi connectivity index (χ2n) is 5.29. The van der Waals surface area contributed by atoms with Gasteiger partial charge in [-0.05, 0) is 25.1 Å². The van der Waals surface area contributed by atoms with Crippen molar-refractivity contribution < 1.29 is 4.79 Å². The number of aryl methyl sites for hydroxylation is 2. The van der Waals surface area contributed by atoms with Crippen LogP contribution in [0, 0.1) is 6.92 Å². The number of nitrogens with zero attached hydrogens (tertiary/aromatic N) is 5. The predicted octanol–water partition coefficient (Wildman–Crippen LogP) is 2.38. The highest BCUT2D eigenvalue weighted by molar-refractivity contribution is 7.15. The first-order valence-electron chi connectivity index (χ1n) is 7.18. The predicted molar refractivity (Wildman–Crippen MR) is 90.9 cm³/mol. The van der Waals surface area contributed by atoms with Crippen LogP contribution in [0.3, 0.4) is 0 Å². The van der Waals surface area contributed by atoms with Crippen LogP contribution < -0.4 is 5.32 Å². The number of H-pyrrole nitrogens is 1. The third-order valence-corrected chi connectivity index (χ3v) is 4.51. The van der Waals surface area contributed by atoms with Crippen LogP contribution in [-0.4, -0.2) is 35.6 Å². The number of anilines is 1. The fraction of sp³-hybridized carbons (Fsp3) is 0.133. The van der Waals surface area contributed by atoms with Crippen molar-refractivity contribution in [3.63, 3.8) is 0 Å². The largest absolute Gasteiger partial charge is 0.318 e. The topological polar surface area (TPSA) is 101 Å². The minimum absolute atomic E-state index is 0.224. The number of carbonyl (C=O) groups is 1. The number of pyridine rings is 1. The molecule has 0 bridgehead atoms. The second kappa shape index (κ2) is 5.53. The van der Waals surface area contributed by atoms with Gasteiger partial charge in [0.15, 0.2) is 11.5 Å². The quantitative estimate of drug-likeness (QED) is 0.597. The molecule has 0 saturated heterocycles. The summed E-state index contributed by atoms with van der Waals surface area (Å²) in [5.41, 5.74) is 1.79. The average Bonchev–Trinajstić information content (AvgIpc) is 3.28. The molecule has 0 aliphatic heterocycles. The van der Waals surface area contributed by atoms with Crippen LogP contribution >= 0.6 is 11.3 Å². The van der Waals surface area contributed by atoms with Crippen LogP contribution in [-0.2, 0) is 7.05 Å². The van der Waals surface area contributed by atoms with E-state index in [0.29, 0.717) is 16.9 Å². The SMILES string of the molecule is Cc1ccc(-c2nc(NC(=O)c3cnc4c(c3)ncn4C)n[nH]2)s1. The normalized spacial score (nSPS) is 11.1. The Balaban J connectivity index is 1.55. The van der Waals surface area contributed by atoms with E-state index < -0.39 is 0 Å². The Bertz CT molecular complexity index is 1050.